The first-order valence-electron chi connectivity index (χ1n) is 8.13. The van der Waals surface area contributed by atoms with Crippen LogP contribution in [-0.2, 0) is 9.53 Å². The van der Waals surface area contributed by atoms with E-state index in [9.17, 15) is 9.59 Å². The second-order valence-electron chi connectivity index (χ2n) is 5.78. The van der Waals surface area contributed by atoms with Gasteiger partial charge in [0.05, 0.1) is 13.2 Å². The van der Waals surface area contributed by atoms with Gasteiger partial charge in [0.2, 0.25) is 5.91 Å². The number of ether oxygens (including phenoxy) is 1. The van der Waals surface area contributed by atoms with Gasteiger partial charge in [-0.1, -0.05) is 19.3 Å². The standard InChI is InChI=1S/C15H27N3O3/c1-2-21-15(20)18-10-8-17(9-11-18)14(19)12-16-13-6-4-3-5-7-13/h13,16H,2-12H2,1H3. The molecule has 2 fully saturated rings. The lowest BCUT2D eigenvalue weighted by Gasteiger charge is -2.34. The molecule has 0 aromatic heterocycles. The zero-order valence-electron chi connectivity index (χ0n) is 13.0. The van der Waals surface area contributed by atoms with Gasteiger partial charge in [0.1, 0.15) is 0 Å². The maximum atomic E-state index is 12.2. The number of carbonyl (C=O) groups is 2. The molecular formula is C15H27N3O3. The topological polar surface area (TPSA) is 61.9 Å². The zero-order chi connectivity index (χ0) is 15.1. The van der Waals surface area contributed by atoms with E-state index < -0.39 is 0 Å². The van der Waals surface area contributed by atoms with Crippen LogP contribution in [0.5, 0.6) is 0 Å². The molecule has 1 heterocycles. The van der Waals surface area contributed by atoms with Crippen LogP contribution in [0, 0.1) is 0 Å². The van der Waals surface area contributed by atoms with Gasteiger partial charge in [-0.05, 0) is 19.8 Å². The molecule has 1 N–H and O–H groups in total. The smallest absolute Gasteiger partial charge is 0.409 e. The van der Waals surface area contributed by atoms with Crippen molar-refractivity contribution < 1.29 is 14.3 Å². The number of carbonyl (C=O) groups excluding carboxylic acids is 2. The largest absolute Gasteiger partial charge is 0.450 e. The van der Waals surface area contributed by atoms with Gasteiger partial charge in [-0.25, -0.2) is 4.79 Å². The highest BCUT2D eigenvalue weighted by molar-refractivity contribution is 5.78. The lowest BCUT2D eigenvalue weighted by Crippen LogP contribution is -2.53. The number of piperazine rings is 1. The molecule has 1 aliphatic heterocycles. The third-order valence-electron chi connectivity index (χ3n) is 4.31. The van der Waals surface area contributed by atoms with Crippen molar-refractivity contribution in [1.82, 2.24) is 15.1 Å². The summed E-state index contributed by atoms with van der Waals surface area (Å²) in [5.41, 5.74) is 0. The molecule has 2 rings (SSSR count). The van der Waals surface area contributed by atoms with Gasteiger partial charge in [-0.15, -0.1) is 0 Å². The second kappa shape index (κ2) is 8.22. The van der Waals surface area contributed by atoms with E-state index in [-0.39, 0.29) is 12.0 Å². The average Bonchev–Trinajstić information content (AvgIpc) is 2.54. The molecule has 0 atom stereocenters. The molecule has 6 nitrogen and oxygen atoms in total. The fourth-order valence-electron chi connectivity index (χ4n) is 3.00. The molecule has 0 aromatic rings. The summed E-state index contributed by atoms with van der Waals surface area (Å²) in [5, 5.41) is 3.38. The predicted octanol–water partition coefficient (Wildman–Crippen LogP) is 1.21. The van der Waals surface area contributed by atoms with Crippen LogP contribution >= 0.6 is 0 Å². The molecule has 1 saturated carbocycles. The van der Waals surface area contributed by atoms with Gasteiger partial charge in [0.15, 0.2) is 0 Å². The van der Waals surface area contributed by atoms with Crippen molar-refractivity contribution in [3.05, 3.63) is 0 Å². The third kappa shape index (κ3) is 4.88. The minimum absolute atomic E-state index is 0.143. The fraction of sp³-hybridized carbons (Fsp3) is 0.867. The van der Waals surface area contributed by atoms with Crippen LogP contribution in [0.4, 0.5) is 4.79 Å². The van der Waals surface area contributed by atoms with Crippen LogP contribution in [0.3, 0.4) is 0 Å². The van der Waals surface area contributed by atoms with Gasteiger partial charge >= 0.3 is 6.09 Å². The van der Waals surface area contributed by atoms with Crippen molar-refractivity contribution in [1.29, 1.82) is 0 Å². The summed E-state index contributed by atoms with van der Waals surface area (Å²) in [6, 6.07) is 0.503. The fourth-order valence-corrected chi connectivity index (χ4v) is 3.00. The summed E-state index contributed by atoms with van der Waals surface area (Å²) >= 11 is 0. The number of hydrogen-bond donors (Lipinski definition) is 1. The Balaban J connectivity index is 1.66. The van der Waals surface area contributed by atoms with Crippen molar-refractivity contribution in [3.63, 3.8) is 0 Å². The molecule has 0 radical (unpaired) electrons. The Morgan fingerprint density at radius 1 is 1.05 bits per heavy atom. The highest BCUT2D eigenvalue weighted by Gasteiger charge is 2.25. The normalized spacial score (nSPS) is 20.4. The summed E-state index contributed by atoms with van der Waals surface area (Å²) in [4.78, 5) is 27.3. The van der Waals surface area contributed by atoms with Gasteiger partial charge in [-0.3, -0.25) is 4.79 Å². The average molecular weight is 297 g/mol. The summed E-state index contributed by atoms with van der Waals surface area (Å²) in [6.45, 7) is 4.94. The highest BCUT2D eigenvalue weighted by Crippen LogP contribution is 2.17. The minimum atomic E-state index is -0.273. The number of hydrogen-bond acceptors (Lipinski definition) is 4. The first-order chi connectivity index (χ1) is 10.2. The molecular weight excluding hydrogens is 270 g/mol. The van der Waals surface area contributed by atoms with E-state index in [0.717, 1.165) is 0 Å². The maximum absolute atomic E-state index is 12.2. The van der Waals surface area contributed by atoms with Crippen LogP contribution < -0.4 is 5.32 Å². The van der Waals surface area contributed by atoms with Crippen molar-refractivity contribution in [2.24, 2.45) is 0 Å². The van der Waals surface area contributed by atoms with Gasteiger partial charge in [-0.2, -0.15) is 0 Å². The number of amides is 2. The monoisotopic (exact) mass is 297 g/mol. The number of nitrogens with one attached hydrogen (secondary N) is 1. The Hall–Kier alpha value is -1.30. The Morgan fingerprint density at radius 2 is 1.67 bits per heavy atom. The number of nitrogens with zero attached hydrogens (tertiary/aromatic N) is 2. The molecule has 2 aliphatic rings. The van der Waals surface area contributed by atoms with E-state index >= 15 is 0 Å². The van der Waals surface area contributed by atoms with Gasteiger partial charge < -0.3 is 19.9 Å². The molecule has 120 valence electrons. The SMILES string of the molecule is CCOC(=O)N1CCN(C(=O)CNC2CCCCC2)CC1. The third-order valence-corrected chi connectivity index (χ3v) is 4.31. The Bertz CT molecular complexity index is 348. The van der Waals surface area contributed by atoms with Crippen LogP contribution in [0.2, 0.25) is 0 Å². The molecule has 21 heavy (non-hydrogen) atoms. The van der Waals surface area contributed by atoms with Crippen molar-refractivity contribution >= 4 is 12.0 Å². The lowest BCUT2D eigenvalue weighted by molar-refractivity contribution is -0.132. The molecule has 1 saturated heterocycles. The lowest BCUT2D eigenvalue weighted by atomic mass is 9.95. The summed E-state index contributed by atoms with van der Waals surface area (Å²) < 4.78 is 4.98. The zero-order valence-corrected chi connectivity index (χ0v) is 13.0. The second-order valence-corrected chi connectivity index (χ2v) is 5.78. The quantitative estimate of drug-likeness (QED) is 0.847. The van der Waals surface area contributed by atoms with Crippen molar-refractivity contribution in [3.8, 4) is 0 Å². The molecule has 2 amide bonds. The first-order valence-corrected chi connectivity index (χ1v) is 8.13. The molecule has 0 bridgehead atoms. The van der Waals surface area contributed by atoms with Crippen LogP contribution in [0.1, 0.15) is 39.0 Å². The molecule has 0 unspecified atom stereocenters. The summed E-state index contributed by atoms with van der Waals surface area (Å²) in [6.07, 6.45) is 5.95. The van der Waals surface area contributed by atoms with E-state index in [1.807, 2.05) is 4.90 Å². The Morgan fingerprint density at radius 3 is 2.29 bits per heavy atom. The Kier molecular flexibility index (Phi) is 6.29. The van der Waals surface area contributed by atoms with Crippen molar-refractivity contribution in [2.45, 2.75) is 45.1 Å². The highest BCUT2D eigenvalue weighted by atomic mass is 16.6. The van der Waals surface area contributed by atoms with Crippen LogP contribution in [0.15, 0.2) is 0 Å². The number of rotatable bonds is 4. The van der Waals surface area contributed by atoms with E-state index in [1.54, 1.807) is 11.8 Å². The van der Waals surface area contributed by atoms with E-state index in [4.69, 9.17) is 4.74 Å². The maximum Gasteiger partial charge on any atom is 0.409 e. The van der Waals surface area contributed by atoms with Crippen molar-refractivity contribution in [2.75, 3.05) is 39.3 Å². The minimum Gasteiger partial charge on any atom is -0.450 e. The summed E-state index contributed by atoms with van der Waals surface area (Å²) in [7, 11) is 0. The van der Waals surface area contributed by atoms with Gasteiger partial charge in [0, 0.05) is 32.2 Å². The molecule has 1 aliphatic carbocycles. The molecule has 6 heteroatoms. The Labute approximate surface area is 126 Å². The first kappa shape index (κ1) is 16.1. The van der Waals surface area contributed by atoms with Crippen LogP contribution in [-0.4, -0.2) is 67.2 Å². The van der Waals surface area contributed by atoms with E-state index in [1.165, 1.54) is 32.1 Å². The van der Waals surface area contributed by atoms with Crippen LogP contribution in [0.25, 0.3) is 0 Å². The summed E-state index contributed by atoms with van der Waals surface area (Å²) in [5.74, 6) is 0.143. The predicted molar refractivity (Wildman–Crippen MR) is 80.1 cm³/mol. The molecule has 0 aromatic carbocycles. The van der Waals surface area contributed by atoms with Gasteiger partial charge in [0.25, 0.3) is 0 Å². The molecule has 0 spiro atoms. The van der Waals surface area contributed by atoms with E-state index in [0.29, 0.717) is 45.4 Å². The van der Waals surface area contributed by atoms with E-state index in [2.05, 4.69) is 5.32 Å².